The van der Waals surface area contributed by atoms with Gasteiger partial charge in [0.25, 0.3) is 0 Å². The lowest BCUT2D eigenvalue weighted by molar-refractivity contribution is -0.142. The fourth-order valence-electron chi connectivity index (χ4n) is 7.51. The van der Waals surface area contributed by atoms with E-state index < -0.39 is 5.60 Å². The monoisotopic (exact) mass is 541 g/mol. The lowest BCUT2D eigenvalue weighted by Crippen LogP contribution is -2.29. The van der Waals surface area contributed by atoms with Crippen LogP contribution in [-0.2, 0) is 35.3 Å². The number of carbonyl (C=O) groups excluding carboxylic acids is 1. The van der Waals surface area contributed by atoms with Crippen molar-refractivity contribution in [2.75, 3.05) is 0 Å². The second-order valence-electron chi connectivity index (χ2n) is 11.2. The number of fused-ring (bicyclic) bond motifs is 3. The van der Waals surface area contributed by atoms with Gasteiger partial charge in [0.05, 0.1) is 5.57 Å². The molecule has 0 fully saturated rings. The molecular weight excluding hydrogens is 506 g/mol. The van der Waals surface area contributed by atoms with E-state index in [1.165, 1.54) is 0 Å². The van der Waals surface area contributed by atoms with Crippen LogP contribution in [0.2, 0.25) is 0 Å². The summed E-state index contributed by atoms with van der Waals surface area (Å²) in [5.74, 6) is -0.285. The van der Waals surface area contributed by atoms with Crippen molar-refractivity contribution in [1.29, 1.82) is 0 Å². The predicted molar refractivity (Wildman–Crippen MR) is 167 cm³/mol. The number of benzene rings is 3. The molecular formula is C36H35N3O2. The smallest absolute Gasteiger partial charge is 0.340 e. The number of nitrogens with zero attached hydrogens (tertiary/aromatic N) is 3. The molecule has 3 aromatic heterocycles. The SMILES string of the molecule is CCn1c(C)c(C2=CC(c3c(C)n(C)c4ccccc34)(c3c(C)n(CC)c4ccccc34)OC2=O)c2ccccc21. The number of cyclic esters (lactones) is 1. The average Bonchev–Trinajstić information content (AvgIpc) is 3.64. The maximum absolute atomic E-state index is 14.3. The third-order valence-corrected chi connectivity index (χ3v) is 9.33. The second kappa shape index (κ2) is 9.00. The predicted octanol–water partition coefficient (Wildman–Crippen LogP) is 7.94. The van der Waals surface area contributed by atoms with E-state index in [-0.39, 0.29) is 5.97 Å². The molecule has 1 unspecified atom stereocenters. The molecule has 1 aliphatic rings. The molecule has 41 heavy (non-hydrogen) atoms. The number of aromatic nitrogens is 3. The number of hydrogen-bond acceptors (Lipinski definition) is 2. The average molecular weight is 542 g/mol. The lowest BCUT2D eigenvalue weighted by atomic mass is 9.81. The molecule has 0 amide bonds. The maximum atomic E-state index is 14.3. The summed E-state index contributed by atoms with van der Waals surface area (Å²) in [7, 11) is 2.09. The van der Waals surface area contributed by atoms with Gasteiger partial charge >= 0.3 is 5.97 Å². The minimum atomic E-state index is -1.09. The lowest BCUT2D eigenvalue weighted by Gasteiger charge is -2.29. The van der Waals surface area contributed by atoms with Crippen molar-refractivity contribution < 1.29 is 9.53 Å². The topological polar surface area (TPSA) is 41.1 Å². The van der Waals surface area contributed by atoms with Gasteiger partial charge in [-0.15, -0.1) is 0 Å². The number of para-hydroxylation sites is 3. The normalized spacial score (nSPS) is 17.2. The fourth-order valence-corrected chi connectivity index (χ4v) is 7.51. The van der Waals surface area contributed by atoms with Crippen LogP contribution in [0.5, 0.6) is 0 Å². The minimum absolute atomic E-state index is 0.285. The number of esters is 1. The molecule has 0 radical (unpaired) electrons. The largest absolute Gasteiger partial charge is 0.441 e. The molecule has 0 bridgehead atoms. The molecule has 4 heterocycles. The van der Waals surface area contributed by atoms with E-state index in [0.29, 0.717) is 5.57 Å². The van der Waals surface area contributed by atoms with Crippen molar-refractivity contribution in [3.8, 4) is 0 Å². The van der Waals surface area contributed by atoms with Crippen LogP contribution in [-0.4, -0.2) is 19.7 Å². The summed E-state index contributed by atoms with van der Waals surface area (Å²) in [5.41, 5.74) is 9.23. The van der Waals surface area contributed by atoms with Gasteiger partial charge < -0.3 is 18.4 Å². The first-order valence-electron chi connectivity index (χ1n) is 14.5. The molecule has 7 rings (SSSR count). The molecule has 3 aromatic carbocycles. The van der Waals surface area contributed by atoms with Crippen molar-refractivity contribution in [3.05, 3.63) is 113 Å². The Balaban J connectivity index is 1.65. The molecule has 0 N–H and O–H groups in total. The minimum Gasteiger partial charge on any atom is -0.441 e. The highest BCUT2D eigenvalue weighted by Gasteiger charge is 2.49. The van der Waals surface area contributed by atoms with Gasteiger partial charge in [0.2, 0.25) is 0 Å². The summed E-state index contributed by atoms with van der Waals surface area (Å²) in [6, 6.07) is 25.3. The zero-order valence-corrected chi connectivity index (χ0v) is 24.6. The first-order valence-corrected chi connectivity index (χ1v) is 14.5. The Bertz CT molecular complexity index is 2070. The Kier molecular flexibility index (Phi) is 5.59. The second-order valence-corrected chi connectivity index (χ2v) is 11.2. The van der Waals surface area contributed by atoms with E-state index in [1.54, 1.807) is 0 Å². The van der Waals surface area contributed by atoms with Gasteiger partial charge in [-0.05, 0) is 58.9 Å². The Labute approximate surface area is 240 Å². The number of ether oxygens (including phenoxy) is 1. The van der Waals surface area contributed by atoms with Crippen molar-refractivity contribution in [2.45, 2.75) is 53.3 Å². The zero-order chi connectivity index (χ0) is 28.6. The van der Waals surface area contributed by atoms with Gasteiger partial charge in [-0.2, -0.15) is 0 Å². The summed E-state index contributed by atoms with van der Waals surface area (Å²) >= 11 is 0. The molecule has 1 aliphatic heterocycles. The Morgan fingerprint density at radius 3 is 1.78 bits per heavy atom. The van der Waals surface area contributed by atoms with E-state index >= 15 is 0 Å². The Hall–Kier alpha value is -4.51. The summed E-state index contributed by atoms with van der Waals surface area (Å²) in [4.78, 5) is 14.3. The Morgan fingerprint density at radius 1 is 0.659 bits per heavy atom. The van der Waals surface area contributed by atoms with Crippen molar-refractivity contribution >= 4 is 44.3 Å². The molecule has 0 saturated carbocycles. The van der Waals surface area contributed by atoms with Crippen LogP contribution < -0.4 is 0 Å². The van der Waals surface area contributed by atoms with Gasteiger partial charge in [-0.1, -0.05) is 54.6 Å². The number of carbonyl (C=O) groups is 1. The van der Waals surface area contributed by atoms with Crippen LogP contribution in [0.3, 0.4) is 0 Å². The molecule has 6 aromatic rings. The molecule has 0 saturated heterocycles. The summed E-state index contributed by atoms with van der Waals surface area (Å²) in [6.07, 6.45) is 2.13. The molecule has 206 valence electrons. The highest BCUT2D eigenvalue weighted by molar-refractivity contribution is 6.23. The quantitative estimate of drug-likeness (QED) is 0.208. The van der Waals surface area contributed by atoms with Crippen LogP contribution in [0.4, 0.5) is 0 Å². The highest BCUT2D eigenvalue weighted by Crippen LogP contribution is 2.52. The van der Waals surface area contributed by atoms with Crippen molar-refractivity contribution in [3.63, 3.8) is 0 Å². The number of rotatable bonds is 5. The van der Waals surface area contributed by atoms with Gasteiger partial charge in [0.15, 0.2) is 5.60 Å². The third-order valence-electron chi connectivity index (χ3n) is 9.33. The Morgan fingerprint density at radius 2 is 1.15 bits per heavy atom. The number of aryl methyl sites for hydroxylation is 3. The van der Waals surface area contributed by atoms with Gasteiger partial charge in [-0.3, -0.25) is 0 Å². The molecule has 5 heteroatoms. The van der Waals surface area contributed by atoms with Crippen LogP contribution in [0.1, 0.15) is 47.6 Å². The van der Waals surface area contributed by atoms with Gasteiger partial charge in [-0.25, -0.2) is 4.79 Å². The van der Waals surface area contributed by atoms with Gasteiger partial charge in [0.1, 0.15) is 0 Å². The number of hydrogen-bond donors (Lipinski definition) is 0. The van der Waals surface area contributed by atoms with Crippen LogP contribution in [0.15, 0.2) is 78.9 Å². The van der Waals surface area contributed by atoms with E-state index in [9.17, 15) is 4.79 Å². The summed E-state index contributed by atoms with van der Waals surface area (Å²) in [6.45, 7) is 12.4. The van der Waals surface area contributed by atoms with E-state index in [0.717, 1.165) is 79.6 Å². The summed E-state index contributed by atoms with van der Waals surface area (Å²) < 4.78 is 13.7. The molecule has 5 nitrogen and oxygen atoms in total. The molecule has 0 aliphatic carbocycles. The highest BCUT2D eigenvalue weighted by atomic mass is 16.6. The zero-order valence-electron chi connectivity index (χ0n) is 24.6. The van der Waals surface area contributed by atoms with E-state index in [1.807, 2.05) is 6.07 Å². The summed E-state index contributed by atoms with van der Waals surface area (Å²) in [5, 5.41) is 3.28. The van der Waals surface area contributed by atoms with Gasteiger partial charge in [0, 0.05) is 86.6 Å². The van der Waals surface area contributed by atoms with Crippen molar-refractivity contribution in [2.24, 2.45) is 7.05 Å². The molecule has 1 atom stereocenters. The standard InChI is InChI=1S/C36H35N3O2/c1-7-38-22(3)32(25-15-9-13-19-30(25)38)28-21-36(41-35(28)40,33-23(4)37(6)29-18-12-10-16-26(29)33)34-24(5)39(8-2)31-20-14-11-17-27(31)34/h9-21H,7-8H2,1-6H3. The van der Waals surface area contributed by atoms with Crippen LogP contribution in [0, 0.1) is 20.8 Å². The van der Waals surface area contributed by atoms with E-state index in [4.69, 9.17) is 4.74 Å². The van der Waals surface area contributed by atoms with Crippen LogP contribution >= 0.6 is 0 Å². The first-order chi connectivity index (χ1) is 19.8. The maximum Gasteiger partial charge on any atom is 0.340 e. The van der Waals surface area contributed by atoms with Crippen molar-refractivity contribution in [1.82, 2.24) is 13.7 Å². The van der Waals surface area contributed by atoms with Crippen LogP contribution in [0.25, 0.3) is 38.3 Å². The third kappa shape index (κ3) is 3.26. The van der Waals surface area contributed by atoms with E-state index in [2.05, 4.69) is 128 Å². The fraction of sp³-hybridized carbons (Fsp3) is 0.250. The molecule has 0 spiro atoms. The first kappa shape index (κ1) is 25.5.